The minimum atomic E-state index is 0.416. The van der Waals surface area contributed by atoms with Crippen LogP contribution in [0.25, 0.3) is 0 Å². The fraction of sp³-hybridized carbons (Fsp3) is 0.667. The summed E-state index contributed by atoms with van der Waals surface area (Å²) in [5.41, 5.74) is 3.44. The molecule has 0 radical (unpaired) electrons. The molecule has 0 aliphatic carbocycles. The summed E-state index contributed by atoms with van der Waals surface area (Å²) >= 11 is 0. The van der Waals surface area contributed by atoms with Gasteiger partial charge in [0.25, 0.3) is 0 Å². The molecule has 1 fully saturated rings. The lowest BCUT2D eigenvalue weighted by Gasteiger charge is -2.42. The van der Waals surface area contributed by atoms with Crippen LogP contribution < -0.4 is 10.2 Å². The van der Waals surface area contributed by atoms with Crippen molar-refractivity contribution >= 4 is 5.69 Å². The molecule has 2 heterocycles. The van der Waals surface area contributed by atoms with Crippen LogP contribution in [0.3, 0.4) is 0 Å². The predicted octanol–water partition coefficient (Wildman–Crippen LogP) is 3.61. The quantitative estimate of drug-likeness (QED) is 0.885. The molecular weight excluding hydrogens is 244 g/mol. The Morgan fingerprint density at radius 1 is 1.20 bits per heavy atom. The first-order valence-corrected chi connectivity index (χ1v) is 8.23. The molecule has 110 valence electrons. The van der Waals surface area contributed by atoms with Crippen molar-refractivity contribution in [3.63, 3.8) is 0 Å². The fourth-order valence-electron chi connectivity index (χ4n) is 3.76. The molecule has 1 saturated heterocycles. The van der Waals surface area contributed by atoms with Crippen molar-refractivity contribution in [1.82, 2.24) is 5.32 Å². The van der Waals surface area contributed by atoms with E-state index in [2.05, 4.69) is 48.3 Å². The van der Waals surface area contributed by atoms with Gasteiger partial charge in [0.2, 0.25) is 0 Å². The number of anilines is 1. The smallest absolute Gasteiger partial charge is 0.0399 e. The van der Waals surface area contributed by atoms with E-state index < -0.39 is 0 Å². The van der Waals surface area contributed by atoms with Crippen LogP contribution in [0.2, 0.25) is 0 Å². The van der Waals surface area contributed by atoms with Gasteiger partial charge in [0.05, 0.1) is 0 Å². The standard InChI is InChI=1S/C18H28N2/c1-18(2)11-7-12-19-17(18)14-20-13-6-5-9-15-8-3-4-10-16(15)20/h3-4,8,10,17,19H,5-7,9,11-14H2,1-2H3. The molecule has 0 saturated carbocycles. The summed E-state index contributed by atoms with van der Waals surface area (Å²) in [6.07, 6.45) is 6.56. The average molecular weight is 272 g/mol. The molecule has 0 aromatic heterocycles. The summed E-state index contributed by atoms with van der Waals surface area (Å²) in [5, 5.41) is 3.77. The first-order valence-electron chi connectivity index (χ1n) is 8.23. The number of nitrogens with zero attached hydrogens (tertiary/aromatic N) is 1. The zero-order chi connectivity index (χ0) is 14.0. The van der Waals surface area contributed by atoms with Crippen LogP contribution in [-0.4, -0.2) is 25.7 Å². The van der Waals surface area contributed by atoms with E-state index in [0.717, 1.165) is 6.54 Å². The fourth-order valence-corrected chi connectivity index (χ4v) is 3.76. The molecule has 0 spiro atoms. The number of benzene rings is 1. The third-order valence-corrected chi connectivity index (χ3v) is 5.19. The molecular formula is C18H28N2. The van der Waals surface area contributed by atoms with Gasteiger partial charge in [0.15, 0.2) is 0 Å². The summed E-state index contributed by atoms with van der Waals surface area (Å²) in [7, 11) is 0. The Hall–Kier alpha value is -1.02. The Balaban J connectivity index is 1.80. The summed E-state index contributed by atoms with van der Waals surface area (Å²) in [6.45, 7) is 8.40. The van der Waals surface area contributed by atoms with Crippen molar-refractivity contribution in [3.8, 4) is 0 Å². The van der Waals surface area contributed by atoms with Crippen LogP contribution in [0.4, 0.5) is 5.69 Å². The second-order valence-corrected chi connectivity index (χ2v) is 7.13. The number of aryl methyl sites for hydroxylation is 1. The van der Waals surface area contributed by atoms with E-state index in [1.165, 1.54) is 50.9 Å². The van der Waals surface area contributed by atoms with Gasteiger partial charge in [-0.2, -0.15) is 0 Å². The largest absolute Gasteiger partial charge is 0.370 e. The van der Waals surface area contributed by atoms with Crippen LogP contribution in [0.5, 0.6) is 0 Å². The SMILES string of the molecule is CC1(C)CCCNC1CN1CCCCc2ccccc21. The molecule has 2 nitrogen and oxygen atoms in total. The first kappa shape index (κ1) is 13.9. The Labute approximate surface area is 123 Å². The molecule has 1 N–H and O–H groups in total. The van der Waals surface area contributed by atoms with Gasteiger partial charge < -0.3 is 10.2 Å². The van der Waals surface area contributed by atoms with Crippen molar-refractivity contribution in [2.45, 2.75) is 52.0 Å². The van der Waals surface area contributed by atoms with E-state index in [1.807, 2.05) is 0 Å². The highest BCUT2D eigenvalue weighted by molar-refractivity contribution is 5.54. The highest BCUT2D eigenvalue weighted by Crippen LogP contribution is 2.33. The van der Waals surface area contributed by atoms with Gasteiger partial charge >= 0.3 is 0 Å². The van der Waals surface area contributed by atoms with Crippen LogP contribution >= 0.6 is 0 Å². The molecule has 1 aromatic carbocycles. The molecule has 1 aromatic rings. The number of nitrogens with one attached hydrogen (secondary N) is 1. The van der Waals surface area contributed by atoms with Crippen molar-refractivity contribution in [3.05, 3.63) is 29.8 Å². The monoisotopic (exact) mass is 272 g/mol. The van der Waals surface area contributed by atoms with Gasteiger partial charge in [-0.25, -0.2) is 0 Å². The van der Waals surface area contributed by atoms with Crippen LogP contribution in [0.15, 0.2) is 24.3 Å². The van der Waals surface area contributed by atoms with Gasteiger partial charge in [-0.15, -0.1) is 0 Å². The summed E-state index contributed by atoms with van der Waals surface area (Å²) in [4.78, 5) is 2.63. The maximum Gasteiger partial charge on any atom is 0.0399 e. The molecule has 0 bridgehead atoms. The summed E-state index contributed by atoms with van der Waals surface area (Å²) in [5.74, 6) is 0. The number of fused-ring (bicyclic) bond motifs is 1. The van der Waals surface area contributed by atoms with Crippen molar-refractivity contribution < 1.29 is 0 Å². The lowest BCUT2D eigenvalue weighted by molar-refractivity contribution is 0.182. The number of piperidine rings is 1. The number of rotatable bonds is 2. The van der Waals surface area contributed by atoms with E-state index in [4.69, 9.17) is 0 Å². The lowest BCUT2D eigenvalue weighted by atomic mass is 9.77. The average Bonchev–Trinajstić information content (AvgIpc) is 2.64. The summed E-state index contributed by atoms with van der Waals surface area (Å²) in [6, 6.07) is 9.62. The first-order chi connectivity index (χ1) is 9.67. The van der Waals surface area contributed by atoms with Gasteiger partial charge in [-0.1, -0.05) is 32.0 Å². The van der Waals surface area contributed by atoms with Crippen molar-refractivity contribution in [2.75, 3.05) is 24.5 Å². The third-order valence-electron chi connectivity index (χ3n) is 5.19. The van der Waals surface area contributed by atoms with Crippen LogP contribution in [0, 0.1) is 5.41 Å². The Bertz CT molecular complexity index is 452. The van der Waals surface area contributed by atoms with E-state index in [0.29, 0.717) is 11.5 Å². The molecule has 2 aliphatic rings. The molecule has 20 heavy (non-hydrogen) atoms. The van der Waals surface area contributed by atoms with E-state index >= 15 is 0 Å². The van der Waals surface area contributed by atoms with Crippen molar-refractivity contribution in [2.24, 2.45) is 5.41 Å². The summed E-state index contributed by atoms with van der Waals surface area (Å²) < 4.78 is 0. The zero-order valence-electron chi connectivity index (χ0n) is 13.0. The topological polar surface area (TPSA) is 15.3 Å². The maximum absolute atomic E-state index is 3.77. The maximum atomic E-state index is 3.77. The normalized spacial score (nSPS) is 25.9. The second-order valence-electron chi connectivity index (χ2n) is 7.13. The molecule has 1 unspecified atom stereocenters. The number of hydrogen-bond donors (Lipinski definition) is 1. The number of para-hydroxylation sites is 1. The Kier molecular flexibility index (Phi) is 4.02. The number of hydrogen-bond acceptors (Lipinski definition) is 2. The van der Waals surface area contributed by atoms with Gasteiger partial charge in [0.1, 0.15) is 0 Å². The van der Waals surface area contributed by atoms with Crippen molar-refractivity contribution in [1.29, 1.82) is 0 Å². The van der Waals surface area contributed by atoms with E-state index in [9.17, 15) is 0 Å². The van der Waals surface area contributed by atoms with Crippen LogP contribution in [0.1, 0.15) is 45.1 Å². The van der Waals surface area contributed by atoms with Crippen LogP contribution in [-0.2, 0) is 6.42 Å². The molecule has 1 atom stereocenters. The Morgan fingerprint density at radius 2 is 2.05 bits per heavy atom. The van der Waals surface area contributed by atoms with Gasteiger partial charge in [0, 0.05) is 24.8 Å². The minimum absolute atomic E-state index is 0.416. The second kappa shape index (κ2) is 5.77. The minimum Gasteiger partial charge on any atom is -0.370 e. The van der Waals surface area contributed by atoms with E-state index in [-0.39, 0.29) is 0 Å². The highest BCUT2D eigenvalue weighted by atomic mass is 15.2. The van der Waals surface area contributed by atoms with Gasteiger partial charge in [-0.3, -0.25) is 0 Å². The molecule has 0 amide bonds. The third kappa shape index (κ3) is 2.85. The molecule has 3 rings (SSSR count). The van der Waals surface area contributed by atoms with E-state index in [1.54, 1.807) is 5.56 Å². The Morgan fingerprint density at radius 3 is 2.90 bits per heavy atom. The lowest BCUT2D eigenvalue weighted by Crippen LogP contribution is -2.53. The highest BCUT2D eigenvalue weighted by Gasteiger charge is 2.33. The molecule has 2 aliphatic heterocycles. The predicted molar refractivity (Wildman–Crippen MR) is 86.4 cm³/mol. The van der Waals surface area contributed by atoms with Gasteiger partial charge in [-0.05, 0) is 55.7 Å². The molecule has 2 heteroatoms. The zero-order valence-corrected chi connectivity index (χ0v) is 13.0.